The van der Waals surface area contributed by atoms with Gasteiger partial charge in [-0.2, -0.15) is 0 Å². The van der Waals surface area contributed by atoms with Crippen molar-refractivity contribution in [3.63, 3.8) is 0 Å². The van der Waals surface area contributed by atoms with E-state index in [9.17, 15) is 0 Å². The Labute approximate surface area is 122 Å². The van der Waals surface area contributed by atoms with Crippen LogP contribution >= 0.6 is 0 Å². The van der Waals surface area contributed by atoms with Gasteiger partial charge in [0.2, 0.25) is 5.89 Å². The van der Waals surface area contributed by atoms with Crippen LogP contribution in [0.4, 0.5) is 5.82 Å². The molecule has 2 aromatic heterocycles. The first-order chi connectivity index (χ1) is 10.4. The van der Waals surface area contributed by atoms with Crippen LogP contribution in [0.3, 0.4) is 0 Å². The Morgan fingerprint density at radius 3 is 2.81 bits per heavy atom. The molecule has 0 radical (unpaired) electrons. The summed E-state index contributed by atoms with van der Waals surface area (Å²) >= 11 is 0. The Balaban J connectivity index is 1.63. The fraction of sp³-hybridized carbons (Fsp3) is 0.188. The number of hydrogen-bond acceptors (Lipinski definition) is 5. The highest BCUT2D eigenvalue weighted by Crippen LogP contribution is 2.27. The first kappa shape index (κ1) is 12.1. The molecular weight excluding hydrogens is 264 g/mol. The fourth-order valence-electron chi connectivity index (χ4n) is 2.55. The number of anilines is 1. The largest absolute Gasteiger partial charge is 0.439 e. The Morgan fingerprint density at radius 2 is 2.00 bits per heavy atom. The lowest BCUT2D eigenvalue weighted by Crippen LogP contribution is -2.30. The molecule has 3 heterocycles. The molecule has 0 bridgehead atoms. The molecule has 21 heavy (non-hydrogen) atoms. The third-order valence-electron chi connectivity index (χ3n) is 3.63. The predicted octanol–water partition coefficient (Wildman–Crippen LogP) is 2.69. The number of nitrogens with zero attached hydrogens (tertiary/aromatic N) is 4. The number of benzene rings is 1. The predicted molar refractivity (Wildman–Crippen MR) is 78.7 cm³/mol. The van der Waals surface area contributed by atoms with Gasteiger partial charge in [0, 0.05) is 30.9 Å². The van der Waals surface area contributed by atoms with Gasteiger partial charge < -0.3 is 9.32 Å². The van der Waals surface area contributed by atoms with Crippen LogP contribution < -0.4 is 4.90 Å². The molecule has 0 amide bonds. The van der Waals surface area contributed by atoms with Crippen molar-refractivity contribution in [2.75, 3.05) is 11.4 Å². The van der Waals surface area contributed by atoms with Crippen LogP contribution in [0.15, 0.2) is 53.3 Å². The summed E-state index contributed by atoms with van der Waals surface area (Å²) in [5, 5.41) is 0. The molecule has 104 valence electrons. The van der Waals surface area contributed by atoms with E-state index < -0.39 is 0 Å². The van der Waals surface area contributed by atoms with Crippen LogP contribution in [0.5, 0.6) is 0 Å². The number of fused-ring (bicyclic) bond motifs is 1. The fourth-order valence-corrected chi connectivity index (χ4v) is 2.55. The highest BCUT2D eigenvalue weighted by molar-refractivity contribution is 5.54. The molecule has 0 unspecified atom stereocenters. The topological polar surface area (TPSA) is 55.1 Å². The number of rotatable bonds is 2. The Bertz CT molecular complexity index is 739. The smallest absolute Gasteiger partial charge is 0.226 e. The van der Waals surface area contributed by atoms with Crippen molar-refractivity contribution < 1.29 is 4.42 Å². The van der Waals surface area contributed by atoms with Crippen molar-refractivity contribution in [2.45, 2.75) is 13.0 Å². The SMILES string of the molecule is c1ccc(-c2nc3c(o2)CN(c2cnccn2)CC3)cc1. The number of aromatic nitrogens is 3. The van der Waals surface area contributed by atoms with Gasteiger partial charge in [0.15, 0.2) is 0 Å². The van der Waals surface area contributed by atoms with Crippen LogP contribution in [-0.2, 0) is 13.0 Å². The number of oxazole rings is 1. The van der Waals surface area contributed by atoms with Crippen molar-refractivity contribution >= 4 is 5.82 Å². The summed E-state index contributed by atoms with van der Waals surface area (Å²) in [6.45, 7) is 1.57. The zero-order valence-corrected chi connectivity index (χ0v) is 11.4. The second-order valence-electron chi connectivity index (χ2n) is 4.99. The summed E-state index contributed by atoms with van der Waals surface area (Å²) in [6, 6.07) is 9.99. The molecular formula is C16H14N4O. The Hall–Kier alpha value is -2.69. The average molecular weight is 278 g/mol. The van der Waals surface area contributed by atoms with Gasteiger partial charge in [-0.1, -0.05) is 18.2 Å². The van der Waals surface area contributed by atoms with Crippen LogP contribution in [0.2, 0.25) is 0 Å². The van der Waals surface area contributed by atoms with E-state index in [1.54, 1.807) is 18.6 Å². The van der Waals surface area contributed by atoms with Crippen molar-refractivity contribution in [3.05, 3.63) is 60.4 Å². The van der Waals surface area contributed by atoms with E-state index >= 15 is 0 Å². The Kier molecular flexibility index (Phi) is 2.88. The van der Waals surface area contributed by atoms with Crippen molar-refractivity contribution in [2.24, 2.45) is 0 Å². The minimum atomic E-state index is 0.688. The number of hydrogen-bond donors (Lipinski definition) is 0. The molecule has 0 N–H and O–H groups in total. The zero-order chi connectivity index (χ0) is 14.1. The Morgan fingerprint density at radius 1 is 1.10 bits per heavy atom. The van der Waals surface area contributed by atoms with E-state index in [2.05, 4.69) is 19.9 Å². The monoisotopic (exact) mass is 278 g/mol. The maximum Gasteiger partial charge on any atom is 0.226 e. The van der Waals surface area contributed by atoms with Gasteiger partial charge in [-0.3, -0.25) is 4.98 Å². The van der Waals surface area contributed by atoms with E-state index in [-0.39, 0.29) is 0 Å². The van der Waals surface area contributed by atoms with E-state index in [1.807, 2.05) is 30.3 Å². The van der Waals surface area contributed by atoms with Gasteiger partial charge in [-0.25, -0.2) is 9.97 Å². The summed E-state index contributed by atoms with van der Waals surface area (Å²) < 4.78 is 5.94. The summed E-state index contributed by atoms with van der Waals surface area (Å²) in [6.07, 6.45) is 6.03. The van der Waals surface area contributed by atoms with Gasteiger partial charge in [-0.05, 0) is 12.1 Å². The first-order valence-corrected chi connectivity index (χ1v) is 6.95. The molecule has 1 aromatic carbocycles. The highest BCUT2D eigenvalue weighted by Gasteiger charge is 2.23. The summed E-state index contributed by atoms with van der Waals surface area (Å²) in [4.78, 5) is 15.2. The standard InChI is InChI=1S/C16H14N4O/c1-2-4-12(5-3-1)16-19-13-6-9-20(11-14(13)21-16)15-10-17-7-8-18-15/h1-5,7-8,10H,6,9,11H2. The lowest BCUT2D eigenvalue weighted by Gasteiger charge is -2.25. The molecule has 0 fully saturated rings. The molecule has 0 saturated heterocycles. The quantitative estimate of drug-likeness (QED) is 0.721. The zero-order valence-electron chi connectivity index (χ0n) is 11.4. The average Bonchev–Trinajstić information content (AvgIpc) is 2.99. The maximum atomic E-state index is 5.94. The molecule has 1 aliphatic heterocycles. The molecule has 3 aromatic rings. The molecule has 1 aliphatic rings. The van der Waals surface area contributed by atoms with Crippen LogP contribution in [-0.4, -0.2) is 21.5 Å². The molecule has 0 spiro atoms. The van der Waals surface area contributed by atoms with Crippen LogP contribution in [0, 0.1) is 0 Å². The van der Waals surface area contributed by atoms with Crippen molar-refractivity contribution in [1.82, 2.24) is 15.0 Å². The molecule has 0 atom stereocenters. The van der Waals surface area contributed by atoms with E-state index in [0.29, 0.717) is 12.4 Å². The molecule has 5 nitrogen and oxygen atoms in total. The summed E-state index contributed by atoms with van der Waals surface area (Å²) in [5.74, 6) is 2.49. The second kappa shape index (κ2) is 5.01. The highest BCUT2D eigenvalue weighted by atomic mass is 16.4. The van der Waals surface area contributed by atoms with E-state index in [0.717, 1.165) is 35.8 Å². The van der Waals surface area contributed by atoms with Gasteiger partial charge in [0.05, 0.1) is 18.4 Å². The minimum Gasteiger partial charge on any atom is -0.439 e. The van der Waals surface area contributed by atoms with Crippen LogP contribution in [0.25, 0.3) is 11.5 Å². The van der Waals surface area contributed by atoms with E-state index in [1.165, 1.54) is 0 Å². The normalized spacial score (nSPS) is 14.0. The molecule has 5 heteroatoms. The maximum absolute atomic E-state index is 5.94. The van der Waals surface area contributed by atoms with Crippen molar-refractivity contribution in [3.8, 4) is 11.5 Å². The van der Waals surface area contributed by atoms with Gasteiger partial charge in [0.25, 0.3) is 0 Å². The molecule has 0 aliphatic carbocycles. The molecule has 0 saturated carbocycles. The third-order valence-corrected chi connectivity index (χ3v) is 3.63. The van der Waals surface area contributed by atoms with Gasteiger partial charge in [-0.15, -0.1) is 0 Å². The molecule has 4 rings (SSSR count). The lowest BCUT2D eigenvalue weighted by molar-refractivity contribution is 0.494. The van der Waals surface area contributed by atoms with E-state index in [4.69, 9.17) is 4.42 Å². The van der Waals surface area contributed by atoms with Crippen molar-refractivity contribution in [1.29, 1.82) is 0 Å². The third kappa shape index (κ3) is 2.27. The summed E-state index contributed by atoms with van der Waals surface area (Å²) in [7, 11) is 0. The second-order valence-corrected chi connectivity index (χ2v) is 4.99. The first-order valence-electron chi connectivity index (χ1n) is 6.95. The minimum absolute atomic E-state index is 0.688. The van der Waals surface area contributed by atoms with Crippen LogP contribution in [0.1, 0.15) is 11.5 Å². The van der Waals surface area contributed by atoms with Gasteiger partial charge >= 0.3 is 0 Å². The lowest BCUT2D eigenvalue weighted by atomic mass is 10.1. The summed E-state index contributed by atoms with van der Waals surface area (Å²) in [5.41, 5.74) is 2.06. The van der Waals surface area contributed by atoms with Gasteiger partial charge in [0.1, 0.15) is 11.6 Å².